The molecule has 1 saturated heterocycles. The molecule has 0 bridgehead atoms. The molecule has 1 unspecified atom stereocenters. The minimum atomic E-state index is -0.297. The minimum Gasteiger partial charge on any atom is -0.354 e. The summed E-state index contributed by atoms with van der Waals surface area (Å²) in [7, 11) is 3.16. The molecule has 0 radical (unpaired) electrons. The van der Waals surface area contributed by atoms with Gasteiger partial charge in [0.05, 0.1) is 6.54 Å². The molecule has 1 rings (SSSR count). The Bertz CT molecular complexity index is 180. The maximum Gasteiger partial charge on any atom is 0.223 e. The second-order valence-electron chi connectivity index (χ2n) is 3.51. The normalized spacial score (nSPS) is 23.2. The second kappa shape index (κ2) is 4.58. The topological polar surface area (TPSA) is 38.8 Å². The number of rotatable bonds is 4. The van der Waals surface area contributed by atoms with Crippen molar-refractivity contribution in [3.05, 3.63) is 0 Å². The monoisotopic (exact) mass is 187 g/mol. The first-order chi connectivity index (χ1) is 6.17. The zero-order chi connectivity index (χ0) is 9.84. The summed E-state index contributed by atoms with van der Waals surface area (Å²) in [6.07, 6.45) is 0.356. The van der Waals surface area contributed by atoms with Gasteiger partial charge in [-0.25, -0.2) is 0 Å². The van der Waals surface area contributed by atoms with Gasteiger partial charge in [-0.3, -0.25) is 4.79 Å². The molecule has 1 atom stereocenters. The molecule has 0 aromatic carbocycles. The van der Waals surface area contributed by atoms with Crippen LogP contribution < -0.4 is 0 Å². The lowest BCUT2D eigenvalue weighted by atomic mass is 10.2. The summed E-state index contributed by atoms with van der Waals surface area (Å²) in [6, 6.07) is 0. The Kier molecular flexibility index (Phi) is 3.69. The third kappa shape index (κ3) is 2.67. The van der Waals surface area contributed by atoms with Gasteiger partial charge in [-0.05, 0) is 5.92 Å². The summed E-state index contributed by atoms with van der Waals surface area (Å²) in [5, 5.41) is 0. The first-order valence-electron chi connectivity index (χ1n) is 4.50. The van der Waals surface area contributed by atoms with E-state index in [1.165, 1.54) is 0 Å². The van der Waals surface area contributed by atoms with Crippen LogP contribution in [0, 0.1) is 5.92 Å². The molecule has 1 amide bonds. The van der Waals surface area contributed by atoms with Crippen LogP contribution in [0.2, 0.25) is 0 Å². The zero-order valence-corrected chi connectivity index (χ0v) is 8.45. The Labute approximate surface area is 78.8 Å². The highest BCUT2D eigenvalue weighted by Crippen LogP contribution is 2.17. The molecule has 0 spiro atoms. The quantitative estimate of drug-likeness (QED) is 0.601. The standard InChI is InChI=1S/C9H17NO3/c1-7-4-8(11)10(5-7)6-9(12-2)13-3/h7,9H,4-6H2,1-3H3. The summed E-state index contributed by atoms with van der Waals surface area (Å²) < 4.78 is 10.1. The average molecular weight is 187 g/mol. The van der Waals surface area contributed by atoms with Crippen LogP contribution in [0.25, 0.3) is 0 Å². The summed E-state index contributed by atoms with van der Waals surface area (Å²) in [6.45, 7) is 3.44. The predicted octanol–water partition coefficient (Wildman–Crippen LogP) is 0.474. The number of hydrogen-bond acceptors (Lipinski definition) is 3. The molecule has 0 aromatic heterocycles. The lowest BCUT2D eigenvalue weighted by molar-refractivity contribution is -0.141. The molecule has 0 N–H and O–H groups in total. The van der Waals surface area contributed by atoms with Crippen LogP contribution in [0.3, 0.4) is 0 Å². The molecule has 0 aliphatic carbocycles. The fourth-order valence-electron chi connectivity index (χ4n) is 1.57. The van der Waals surface area contributed by atoms with Crippen molar-refractivity contribution in [3.63, 3.8) is 0 Å². The van der Waals surface area contributed by atoms with E-state index in [2.05, 4.69) is 6.92 Å². The van der Waals surface area contributed by atoms with E-state index in [4.69, 9.17) is 9.47 Å². The number of methoxy groups -OCH3 is 2. The van der Waals surface area contributed by atoms with E-state index in [-0.39, 0.29) is 12.2 Å². The summed E-state index contributed by atoms with van der Waals surface area (Å²) >= 11 is 0. The Morgan fingerprint density at radius 1 is 1.54 bits per heavy atom. The van der Waals surface area contributed by atoms with E-state index < -0.39 is 0 Å². The van der Waals surface area contributed by atoms with Gasteiger partial charge in [-0.1, -0.05) is 6.92 Å². The minimum absolute atomic E-state index is 0.201. The maximum absolute atomic E-state index is 11.4. The second-order valence-corrected chi connectivity index (χ2v) is 3.51. The lowest BCUT2D eigenvalue weighted by Crippen LogP contribution is -2.35. The average Bonchev–Trinajstić information content (AvgIpc) is 2.41. The van der Waals surface area contributed by atoms with Gasteiger partial charge in [-0.15, -0.1) is 0 Å². The molecule has 0 aromatic rings. The SMILES string of the molecule is COC(CN1CC(C)CC1=O)OC. The van der Waals surface area contributed by atoms with Crippen LogP contribution in [0.5, 0.6) is 0 Å². The van der Waals surface area contributed by atoms with Gasteiger partial charge in [0.25, 0.3) is 0 Å². The number of ether oxygens (including phenoxy) is 2. The van der Waals surface area contributed by atoms with Gasteiger partial charge < -0.3 is 14.4 Å². The van der Waals surface area contributed by atoms with Crippen LogP contribution in [0.15, 0.2) is 0 Å². The highest BCUT2D eigenvalue weighted by molar-refractivity contribution is 5.78. The molecular weight excluding hydrogens is 170 g/mol. The molecule has 13 heavy (non-hydrogen) atoms. The molecule has 1 aliphatic heterocycles. The van der Waals surface area contributed by atoms with Crippen molar-refractivity contribution in [1.29, 1.82) is 0 Å². The molecule has 1 fully saturated rings. The number of carbonyl (C=O) groups excluding carboxylic acids is 1. The third-order valence-electron chi connectivity index (χ3n) is 2.30. The molecule has 1 heterocycles. The molecule has 4 nitrogen and oxygen atoms in total. The first-order valence-corrected chi connectivity index (χ1v) is 4.50. The van der Waals surface area contributed by atoms with E-state index in [0.29, 0.717) is 18.9 Å². The molecule has 1 aliphatic rings. The maximum atomic E-state index is 11.4. The van der Waals surface area contributed by atoms with E-state index in [1.54, 1.807) is 19.1 Å². The number of likely N-dealkylation sites (tertiary alicyclic amines) is 1. The zero-order valence-electron chi connectivity index (χ0n) is 8.45. The van der Waals surface area contributed by atoms with E-state index >= 15 is 0 Å². The lowest BCUT2D eigenvalue weighted by Gasteiger charge is -2.21. The van der Waals surface area contributed by atoms with Gasteiger partial charge in [0.2, 0.25) is 5.91 Å². The van der Waals surface area contributed by atoms with Crippen LogP contribution in [-0.4, -0.2) is 44.4 Å². The van der Waals surface area contributed by atoms with Gasteiger partial charge >= 0.3 is 0 Å². The third-order valence-corrected chi connectivity index (χ3v) is 2.30. The number of nitrogens with zero attached hydrogens (tertiary/aromatic N) is 1. The first kappa shape index (κ1) is 10.5. The summed E-state index contributed by atoms with van der Waals surface area (Å²) in [5.41, 5.74) is 0. The van der Waals surface area contributed by atoms with Gasteiger partial charge in [0.15, 0.2) is 6.29 Å². The van der Waals surface area contributed by atoms with E-state index in [0.717, 1.165) is 6.54 Å². The fraction of sp³-hybridized carbons (Fsp3) is 0.889. The number of amides is 1. The molecular formula is C9H17NO3. The fourth-order valence-corrected chi connectivity index (χ4v) is 1.57. The van der Waals surface area contributed by atoms with Gasteiger partial charge in [-0.2, -0.15) is 0 Å². The van der Waals surface area contributed by atoms with E-state index in [1.807, 2.05) is 0 Å². The number of carbonyl (C=O) groups is 1. The summed E-state index contributed by atoms with van der Waals surface area (Å²) in [4.78, 5) is 13.2. The Balaban J connectivity index is 2.40. The molecule has 4 heteroatoms. The van der Waals surface area contributed by atoms with E-state index in [9.17, 15) is 4.79 Å². The van der Waals surface area contributed by atoms with Crippen LogP contribution >= 0.6 is 0 Å². The van der Waals surface area contributed by atoms with Crippen LogP contribution in [0.1, 0.15) is 13.3 Å². The Morgan fingerprint density at radius 3 is 2.54 bits per heavy atom. The number of hydrogen-bond donors (Lipinski definition) is 0. The Hall–Kier alpha value is -0.610. The molecule has 0 saturated carbocycles. The van der Waals surface area contributed by atoms with Crippen molar-refractivity contribution in [2.24, 2.45) is 5.92 Å². The van der Waals surface area contributed by atoms with Crippen molar-refractivity contribution in [2.75, 3.05) is 27.3 Å². The van der Waals surface area contributed by atoms with Crippen molar-refractivity contribution in [3.8, 4) is 0 Å². The summed E-state index contributed by atoms with van der Waals surface area (Å²) in [5.74, 6) is 0.661. The van der Waals surface area contributed by atoms with Crippen molar-refractivity contribution in [2.45, 2.75) is 19.6 Å². The van der Waals surface area contributed by atoms with Gasteiger partial charge in [0.1, 0.15) is 0 Å². The highest BCUT2D eigenvalue weighted by atomic mass is 16.7. The molecule has 76 valence electrons. The van der Waals surface area contributed by atoms with Crippen molar-refractivity contribution in [1.82, 2.24) is 4.90 Å². The largest absolute Gasteiger partial charge is 0.354 e. The van der Waals surface area contributed by atoms with Crippen LogP contribution in [-0.2, 0) is 14.3 Å². The van der Waals surface area contributed by atoms with Crippen molar-refractivity contribution >= 4 is 5.91 Å². The smallest absolute Gasteiger partial charge is 0.223 e. The Morgan fingerprint density at radius 2 is 2.15 bits per heavy atom. The highest BCUT2D eigenvalue weighted by Gasteiger charge is 2.28. The van der Waals surface area contributed by atoms with Crippen molar-refractivity contribution < 1.29 is 14.3 Å². The predicted molar refractivity (Wildman–Crippen MR) is 48.2 cm³/mol. The van der Waals surface area contributed by atoms with Crippen LogP contribution in [0.4, 0.5) is 0 Å². The van der Waals surface area contributed by atoms with Gasteiger partial charge in [0, 0.05) is 27.2 Å².